The lowest BCUT2D eigenvalue weighted by atomic mass is 9.95. The molecule has 1 aliphatic heterocycles. The third-order valence-electron chi connectivity index (χ3n) is 5.28. The van der Waals surface area contributed by atoms with Gasteiger partial charge < -0.3 is 13.7 Å². The average Bonchev–Trinajstić information content (AvgIpc) is 3.37. The van der Waals surface area contributed by atoms with Crippen LogP contribution >= 0.6 is 0 Å². The predicted molar refractivity (Wildman–Crippen MR) is 106 cm³/mol. The van der Waals surface area contributed by atoms with Crippen molar-refractivity contribution in [1.82, 2.24) is 9.63 Å². The molecular formula is C22H16N2O5. The van der Waals surface area contributed by atoms with Crippen LogP contribution in [0, 0.1) is 0 Å². The van der Waals surface area contributed by atoms with Crippen LogP contribution in [-0.2, 0) is 16.6 Å². The van der Waals surface area contributed by atoms with Gasteiger partial charge in [0.2, 0.25) is 0 Å². The molecule has 7 heteroatoms. The standard InChI is InChI=1S/C22H16N2O5/c1-23-10-15(13-5-3-4-6-17(13)23)19-20(22(26)24(27)21(19)25)16-11-29-18-8-7-12(28-2)9-14(16)18/h3-11,27H,1-2H3. The number of furan rings is 1. The summed E-state index contributed by atoms with van der Waals surface area (Å²) < 4.78 is 12.8. The van der Waals surface area contributed by atoms with Crippen molar-refractivity contribution < 1.29 is 24.0 Å². The largest absolute Gasteiger partial charge is 0.497 e. The number of nitrogens with zero attached hydrogens (tertiary/aromatic N) is 2. The molecule has 2 aromatic heterocycles. The van der Waals surface area contributed by atoms with E-state index < -0.39 is 11.8 Å². The number of para-hydroxylation sites is 1. The van der Waals surface area contributed by atoms with E-state index in [4.69, 9.17) is 9.15 Å². The number of aryl methyl sites for hydroxylation is 1. The van der Waals surface area contributed by atoms with Gasteiger partial charge in [0.25, 0.3) is 11.8 Å². The Bertz CT molecular complexity index is 1360. The fourth-order valence-corrected chi connectivity index (χ4v) is 3.89. The van der Waals surface area contributed by atoms with E-state index in [-0.39, 0.29) is 16.2 Å². The number of ether oxygens (including phenoxy) is 1. The van der Waals surface area contributed by atoms with Crippen LogP contribution < -0.4 is 4.74 Å². The fourth-order valence-electron chi connectivity index (χ4n) is 3.89. The van der Waals surface area contributed by atoms with Crippen LogP contribution in [0.15, 0.2) is 59.3 Å². The Balaban J connectivity index is 1.86. The van der Waals surface area contributed by atoms with Crippen molar-refractivity contribution >= 4 is 44.8 Å². The number of imide groups is 1. The van der Waals surface area contributed by atoms with Crippen molar-refractivity contribution in [2.75, 3.05) is 7.11 Å². The van der Waals surface area contributed by atoms with Crippen molar-refractivity contribution in [3.63, 3.8) is 0 Å². The first kappa shape index (κ1) is 17.3. The number of fused-ring (bicyclic) bond motifs is 2. The van der Waals surface area contributed by atoms with Crippen molar-refractivity contribution in [1.29, 1.82) is 0 Å². The number of aromatic nitrogens is 1. The van der Waals surface area contributed by atoms with Gasteiger partial charge in [0.1, 0.15) is 11.3 Å². The molecule has 0 spiro atoms. The summed E-state index contributed by atoms with van der Waals surface area (Å²) >= 11 is 0. The van der Waals surface area contributed by atoms with Gasteiger partial charge >= 0.3 is 0 Å². The zero-order valence-corrected chi connectivity index (χ0v) is 15.7. The molecule has 144 valence electrons. The van der Waals surface area contributed by atoms with E-state index in [1.165, 1.54) is 6.26 Å². The Morgan fingerprint density at radius 2 is 1.69 bits per heavy atom. The molecule has 0 fully saturated rings. The first-order valence-corrected chi connectivity index (χ1v) is 8.93. The van der Waals surface area contributed by atoms with Crippen molar-refractivity contribution in [2.45, 2.75) is 0 Å². The summed E-state index contributed by atoms with van der Waals surface area (Å²) in [5, 5.41) is 11.7. The monoisotopic (exact) mass is 388 g/mol. The average molecular weight is 388 g/mol. The molecule has 2 aromatic carbocycles. The fraction of sp³-hybridized carbons (Fsp3) is 0.0909. The van der Waals surface area contributed by atoms with Crippen molar-refractivity contribution in [2.24, 2.45) is 7.05 Å². The number of hydroxylamine groups is 2. The van der Waals surface area contributed by atoms with Crippen LogP contribution in [0.5, 0.6) is 5.75 Å². The summed E-state index contributed by atoms with van der Waals surface area (Å²) in [6.07, 6.45) is 3.21. The quantitative estimate of drug-likeness (QED) is 0.428. The summed E-state index contributed by atoms with van der Waals surface area (Å²) in [4.78, 5) is 25.7. The number of carbonyl (C=O) groups is 2. The predicted octanol–water partition coefficient (Wildman–Crippen LogP) is 3.60. The molecule has 0 atom stereocenters. The zero-order valence-electron chi connectivity index (χ0n) is 15.7. The van der Waals surface area contributed by atoms with Crippen LogP contribution in [0.25, 0.3) is 33.0 Å². The summed E-state index contributed by atoms with van der Waals surface area (Å²) in [5.74, 6) is -0.966. The van der Waals surface area contributed by atoms with Crippen LogP contribution in [0.3, 0.4) is 0 Å². The third kappa shape index (κ3) is 2.34. The normalized spacial score (nSPS) is 14.7. The molecule has 7 nitrogen and oxygen atoms in total. The summed E-state index contributed by atoms with van der Waals surface area (Å²) in [6, 6.07) is 12.8. The number of rotatable bonds is 3. The van der Waals surface area contributed by atoms with E-state index >= 15 is 0 Å². The number of benzene rings is 2. The molecule has 0 bridgehead atoms. The van der Waals surface area contributed by atoms with Gasteiger partial charge in [-0.1, -0.05) is 18.2 Å². The second-order valence-electron chi connectivity index (χ2n) is 6.85. The highest BCUT2D eigenvalue weighted by molar-refractivity contribution is 6.50. The Kier molecular flexibility index (Phi) is 3.62. The lowest BCUT2D eigenvalue weighted by Crippen LogP contribution is -2.27. The van der Waals surface area contributed by atoms with E-state index in [0.29, 0.717) is 27.8 Å². The molecule has 0 saturated heterocycles. The van der Waals surface area contributed by atoms with Gasteiger partial charge in [-0.05, 0) is 24.3 Å². The summed E-state index contributed by atoms with van der Waals surface area (Å²) in [7, 11) is 3.41. The summed E-state index contributed by atoms with van der Waals surface area (Å²) in [6.45, 7) is 0. The van der Waals surface area contributed by atoms with Gasteiger partial charge in [0.15, 0.2) is 0 Å². The molecule has 29 heavy (non-hydrogen) atoms. The number of carbonyl (C=O) groups excluding carboxylic acids is 2. The zero-order chi connectivity index (χ0) is 20.3. The van der Waals surface area contributed by atoms with Gasteiger partial charge in [-0.25, -0.2) is 0 Å². The SMILES string of the molecule is COc1ccc2occ(C3=C(c4cn(C)c5ccccc45)C(=O)N(O)C3=O)c2c1. The maximum absolute atomic E-state index is 12.9. The van der Waals surface area contributed by atoms with E-state index in [0.717, 1.165) is 10.9 Å². The van der Waals surface area contributed by atoms with Gasteiger partial charge in [-0.15, -0.1) is 5.06 Å². The lowest BCUT2D eigenvalue weighted by molar-refractivity contribution is -0.168. The lowest BCUT2D eigenvalue weighted by Gasteiger charge is -2.03. The second-order valence-corrected chi connectivity index (χ2v) is 6.85. The van der Waals surface area contributed by atoms with Gasteiger partial charge in [-0.3, -0.25) is 14.8 Å². The van der Waals surface area contributed by atoms with E-state index in [9.17, 15) is 14.8 Å². The smallest absolute Gasteiger partial charge is 0.286 e. The molecule has 1 aliphatic rings. The highest BCUT2D eigenvalue weighted by Gasteiger charge is 2.41. The van der Waals surface area contributed by atoms with Gasteiger partial charge in [0.05, 0.1) is 24.5 Å². The molecule has 4 aromatic rings. The Morgan fingerprint density at radius 3 is 2.45 bits per heavy atom. The third-order valence-corrected chi connectivity index (χ3v) is 5.28. The molecule has 2 amide bonds. The van der Waals surface area contributed by atoms with Crippen molar-refractivity contribution in [3.8, 4) is 5.75 Å². The van der Waals surface area contributed by atoms with Crippen LogP contribution in [0.4, 0.5) is 0 Å². The maximum atomic E-state index is 12.9. The first-order chi connectivity index (χ1) is 14.0. The Morgan fingerprint density at radius 1 is 0.966 bits per heavy atom. The van der Waals surface area contributed by atoms with E-state index in [2.05, 4.69) is 0 Å². The van der Waals surface area contributed by atoms with E-state index in [1.54, 1.807) is 31.5 Å². The van der Waals surface area contributed by atoms with E-state index in [1.807, 2.05) is 35.9 Å². The molecule has 1 N–H and O–H groups in total. The van der Waals surface area contributed by atoms with Crippen LogP contribution in [0.1, 0.15) is 11.1 Å². The minimum Gasteiger partial charge on any atom is -0.497 e. The molecule has 0 unspecified atom stereocenters. The number of hydrogen-bond acceptors (Lipinski definition) is 5. The van der Waals surface area contributed by atoms with Gasteiger partial charge in [-0.2, -0.15) is 0 Å². The molecule has 0 radical (unpaired) electrons. The maximum Gasteiger partial charge on any atom is 0.286 e. The number of amides is 2. The first-order valence-electron chi connectivity index (χ1n) is 8.93. The van der Waals surface area contributed by atoms with Crippen LogP contribution in [-0.4, -0.2) is 33.8 Å². The molecule has 3 heterocycles. The van der Waals surface area contributed by atoms with Crippen molar-refractivity contribution in [3.05, 3.63) is 66.1 Å². The number of hydrogen-bond donors (Lipinski definition) is 1. The minimum atomic E-state index is -0.788. The molecule has 0 aliphatic carbocycles. The number of methoxy groups -OCH3 is 1. The Hall–Kier alpha value is -3.84. The molecular weight excluding hydrogens is 372 g/mol. The molecule has 0 saturated carbocycles. The van der Waals surface area contributed by atoms with Gasteiger partial charge in [0, 0.05) is 40.7 Å². The highest BCUT2D eigenvalue weighted by Crippen LogP contribution is 2.41. The minimum absolute atomic E-state index is 0.0980. The summed E-state index contributed by atoms with van der Waals surface area (Å²) in [5.41, 5.74) is 2.69. The highest BCUT2D eigenvalue weighted by atomic mass is 16.5. The second kappa shape index (κ2) is 6.08. The Labute approximate surface area is 165 Å². The molecule has 5 rings (SSSR count). The topological polar surface area (TPSA) is 84.9 Å². The van der Waals surface area contributed by atoms with Crippen LogP contribution in [0.2, 0.25) is 0 Å².